The van der Waals surface area contributed by atoms with Crippen molar-refractivity contribution >= 4 is 17.5 Å². The van der Waals surface area contributed by atoms with Gasteiger partial charge in [0, 0.05) is 0 Å². The Hall–Kier alpha value is -2.10. The molecule has 0 saturated carbocycles. The Morgan fingerprint density at radius 1 is 1.20 bits per heavy atom. The molecule has 1 aromatic carbocycles. The molecule has 0 N–H and O–H groups in total. The highest BCUT2D eigenvalue weighted by molar-refractivity contribution is 6.23. The van der Waals surface area contributed by atoms with Crippen LogP contribution in [0.3, 0.4) is 0 Å². The molecule has 0 unspecified atom stereocenters. The van der Waals surface area contributed by atoms with Crippen molar-refractivity contribution in [2.75, 3.05) is 12.0 Å². The molecule has 2 amide bonds. The molecule has 3 atom stereocenters. The number of para-hydroxylation sites is 2. The number of rotatable bonds is 2. The maximum atomic E-state index is 12.6. The first kappa shape index (κ1) is 12.9. The molecule has 104 valence electrons. The summed E-state index contributed by atoms with van der Waals surface area (Å²) in [5.41, 5.74) is 0.548. The van der Waals surface area contributed by atoms with Crippen molar-refractivity contribution in [2.24, 2.45) is 17.8 Å². The van der Waals surface area contributed by atoms with Crippen molar-refractivity contribution in [3.05, 3.63) is 36.4 Å². The van der Waals surface area contributed by atoms with E-state index < -0.39 is 0 Å². The molecule has 3 rings (SSSR count). The van der Waals surface area contributed by atoms with E-state index in [0.717, 1.165) is 0 Å². The first-order valence-electron chi connectivity index (χ1n) is 6.82. The molecule has 1 aromatic rings. The Morgan fingerprint density at radius 2 is 1.95 bits per heavy atom. The fourth-order valence-electron chi connectivity index (χ4n) is 3.20. The average Bonchev–Trinajstić information content (AvgIpc) is 2.72. The van der Waals surface area contributed by atoms with Crippen molar-refractivity contribution in [3.8, 4) is 5.75 Å². The third kappa shape index (κ3) is 1.75. The molecular formula is C16H17NO3. The zero-order valence-corrected chi connectivity index (χ0v) is 11.6. The lowest BCUT2D eigenvalue weighted by Gasteiger charge is -2.22. The van der Waals surface area contributed by atoms with Crippen molar-refractivity contribution in [1.29, 1.82) is 0 Å². The molecule has 4 heteroatoms. The number of benzene rings is 1. The van der Waals surface area contributed by atoms with E-state index in [2.05, 4.69) is 0 Å². The number of anilines is 1. The van der Waals surface area contributed by atoms with Crippen molar-refractivity contribution in [1.82, 2.24) is 0 Å². The zero-order valence-electron chi connectivity index (χ0n) is 11.6. The summed E-state index contributed by atoms with van der Waals surface area (Å²) in [5.74, 6) is -0.0368. The van der Waals surface area contributed by atoms with Crippen LogP contribution in [0.25, 0.3) is 0 Å². The van der Waals surface area contributed by atoms with Crippen LogP contribution < -0.4 is 9.64 Å². The van der Waals surface area contributed by atoms with Gasteiger partial charge >= 0.3 is 0 Å². The van der Waals surface area contributed by atoms with Gasteiger partial charge in [-0.1, -0.05) is 31.2 Å². The number of amides is 2. The number of imide groups is 1. The van der Waals surface area contributed by atoms with Gasteiger partial charge in [0.1, 0.15) is 5.75 Å². The van der Waals surface area contributed by atoms with Crippen LogP contribution in [0, 0.1) is 17.8 Å². The van der Waals surface area contributed by atoms with E-state index >= 15 is 0 Å². The van der Waals surface area contributed by atoms with Crippen LogP contribution in [0.15, 0.2) is 36.4 Å². The molecule has 0 aromatic heterocycles. The first-order valence-corrected chi connectivity index (χ1v) is 6.82. The second kappa shape index (κ2) is 4.78. The fraction of sp³-hybridized carbons (Fsp3) is 0.375. The van der Waals surface area contributed by atoms with Gasteiger partial charge in [0.15, 0.2) is 0 Å². The van der Waals surface area contributed by atoms with Gasteiger partial charge in [0.2, 0.25) is 11.8 Å². The minimum absolute atomic E-state index is 0.102. The molecule has 1 saturated heterocycles. The summed E-state index contributed by atoms with van der Waals surface area (Å²) in [6.45, 7) is 1.99. The normalized spacial score (nSPS) is 28.7. The lowest BCUT2D eigenvalue weighted by Crippen LogP contribution is -2.31. The second-order valence-electron chi connectivity index (χ2n) is 5.34. The van der Waals surface area contributed by atoms with Crippen LogP contribution in [0.5, 0.6) is 5.75 Å². The molecule has 1 heterocycles. The Kier molecular flexibility index (Phi) is 3.08. The predicted octanol–water partition coefficient (Wildman–Crippen LogP) is 2.40. The summed E-state index contributed by atoms with van der Waals surface area (Å²) in [6, 6.07) is 7.15. The summed E-state index contributed by atoms with van der Waals surface area (Å²) >= 11 is 0. The largest absolute Gasteiger partial charge is 0.495 e. The predicted molar refractivity (Wildman–Crippen MR) is 75.4 cm³/mol. The van der Waals surface area contributed by atoms with Crippen LogP contribution in [-0.4, -0.2) is 18.9 Å². The summed E-state index contributed by atoms with van der Waals surface area (Å²) in [7, 11) is 1.54. The number of nitrogens with zero attached hydrogens (tertiary/aromatic N) is 1. The third-order valence-electron chi connectivity index (χ3n) is 4.20. The third-order valence-corrected chi connectivity index (χ3v) is 4.20. The number of fused-ring (bicyclic) bond motifs is 1. The molecule has 0 bridgehead atoms. The van der Waals surface area contributed by atoms with Crippen LogP contribution in [0.2, 0.25) is 0 Å². The number of carbonyl (C=O) groups is 2. The molecular weight excluding hydrogens is 254 g/mol. The van der Waals surface area contributed by atoms with Crippen LogP contribution in [-0.2, 0) is 9.59 Å². The van der Waals surface area contributed by atoms with Gasteiger partial charge in [0.25, 0.3) is 0 Å². The first-order chi connectivity index (χ1) is 9.65. The zero-order chi connectivity index (χ0) is 14.3. The van der Waals surface area contributed by atoms with Gasteiger partial charge in [-0.05, 0) is 24.5 Å². The van der Waals surface area contributed by atoms with Crippen molar-refractivity contribution in [3.63, 3.8) is 0 Å². The highest BCUT2D eigenvalue weighted by Gasteiger charge is 2.50. The Morgan fingerprint density at radius 3 is 2.65 bits per heavy atom. The average molecular weight is 271 g/mol. The molecule has 0 spiro atoms. The SMILES string of the molecule is COc1ccccc1N1C(=O)[C@@H]2[C@H](CC=C[C@@H]2C)C1=O. The molecule has 1 fully saturated rings. The number of methoxy groups -OCH3 is 1. The van der Waals surface area contributed by atoms with Crippen LogP contribution in [0.4, 0.5) is 5.69 Å². The summed E-state index contributed by atoms with van der Waals surface area (Å²) in [4.78, 5) is 26.5. The van der Waals surface area contributed by atoms with Gasteiger partial charge in [-0.3, -0.25) is 9.59 Å². The van der Waals surface area contributed by atoms with Gasteiger partial charge in [0.05, 0.1) is 24.6 Å². The second-order valence-corrected chi connectivity index (χ2v) is 5.34. The smallest absolute Gasteiger partial charge is 0.238 e. The maximum Gasteiger partial charge on any atom is 0.238 e. The highest BCUT2D eigenvalue weighted by Crippen LogP contribution is 2.42. The quantitative estimate of drug-likeness (QED) is 0.613. The summed E-state index contributed by atoms with van der Waals surface area (Å²) < 4.78 is 5.27. The van der Waals surface area contributed by atoms with E-state index in [1.807, 2.05) is 31.2 Å². The molecule has 2 aliphatic rings. The molecule has 1 aliphatic carbocycles. The van der Waals surface area contributed by atoms with E-state index in [0.29, 0.717) is 17.9 Å². The Balaban J connectivity index is 2.04. The molecule has 20 heavy (non-hydrogen) atoms. The Bertz CT molecular complexity index is 593. The van der Waals surface area contributed by atoms with Gasteiger partial charge < -0.3 is 4.74 Å². The highest BCUT2D eigenvalue weighted by atomic mass is 16.5. The topological polar surface area (TPSA) is 46.6 Å². The molecule has 4 nitrogen and oxygen atoms in total. The number of allylic oxidation sites excluding steroid dienone is 2. The maximum absolute atomic E-state index is 12.6. The molecule has 1 aliphatic heterocycles. The van der Waals surface area contributed by atoms with Crippen molar-refractivity contribution in [2.45, 2.75) is 13.3 Å². The standard InChI is InChI=1S/C16H17NO3/c1-10-6-5-7-11-14(10)16(19)17(15(11)18)12-8-3-4-9-13(12)20-2/h3-6,8-11,14H,7H2,1-2H3/t10-,11-,14-/m0/s1. The van der Waals surface area contributed by atoms with E-state index in [9.17, 15) is 9.59 Å². The number of hydrogen-bond donors (Lipinski definition) is 0. The number of ether oxygens (including phenoxy) is 1. The van der Waals surface area contributed by atoms with Crippen LogP contribution in [0.1, 0.15) is 13.3 Å². The lowest BCUT2D eigenvalue weighted by atomic mass is 9.78. The summed E-state index contributed by atoms with van der Waals surface area (Å²) in [5, 5.41) is 0. The molecule has 0 radical (unpaired) electrons. The minimum Gasteiger partial charge on any atom is -0.495 e. The van der Waals surface area contributed by atoms with E-state index in [1.54, 1.807) is 19.2 Å². The fourth-order valence-corrected chi connectivity index (χ4v) is 3.20. The van der Waals surface area contributed by atoms with E-state index in [1.165, 1.54) is 4.90 Å². The van der Waals surface area contributed by atoms with Gasteiger partial charge in [-0.15, -0.1) is 0 Å². The van der Waals surface area contributed by atoms with Crippen molar-refractivity contribution < 1.29 is 14.3 Å². The number of hydrogen-bond acceptors (Lipinski definition) is 3. The lowest BCUT2D eigenvalue weighted by molar-refractivity contribution is -0.122. The van der Waals surface area contributed by atoms with Gasteiger partial charge in [-0.2, -0.15) is 0 Å². The monoisotopic (exact) mass is 271 g/mol. The summed E-state index contributed by atoms with van der Waals surface area (Å²) in [6.07, 6.45) is 4.67. The van der Waals surface area contributed by atoms with E-state index in [4.69, 9.17) is 4.74 Å². The Labute approximate surface area is 118 Å². The minimum atomic E-state index is -0.239. The van der Waals surface area contributed by atoms with Gasteiger partial charge in [-0.25, -0.2) is 4.90 Å². The van der Waals surface area contributed by atoms with E-state index in [-0.39, 0.29) is 29.6 Å². The van der Waals surface area contributed by atoms with Crippen LogP contribution >= 0.6 is 0 Å². The number of carbonyl (C=O) groups excluding carboxylic acids is 2.